The number of aliphatic carboxylic acids is 1. The highest BCUT2D eigenvalue weighted by Crippen LogP contribution is 2.29. The highest BCUT2D eigenvalue weighted by molar-refractivity contribution is 5.74. The van der Waals surface area contributed by atoms with E-state index in [0.29, 0.717) is 44.8 Å². The average molecular weight is 328 g/mol. The standard InChI is InChI=1S/C18H32O5/c1-3-5-6-14(4-2)13-22-11-12-23-18(21)16-9-7-15(8-10-16)17(19)20/h14-16H,3-13H2,1-2H3,(H,19,20). The molecule has 134 valence electrons. The van der Waals surface area contributed by atoms with Crippen LogP contribution in [0, 0.1) is 17.8 Å². The molecule has 1 aliphatic rings. The quantitative estimate of drug-likeness (QED) is 0.463. The lowest BCUT2D eigenvalue weighted by Crippen LogP contribution is -2.27. The van der Waals surface area contributed by atoms with Crippen molar-refractivity contribution in [1.82, 2.24) is 0 Å². The van der Waals surface area contributed by atoms with Gasteiger partial charge in [0.1, 0.15) is 6.61 Å². The third kappa shape index (κ3) is 7.82. The molecule has 0 radical (unpaired) electrons. The van der Waals surface area contributed by atoms with E-state index >= 15 is 0 Å². The van der Waals surface area contributed by atoms with E-state index in [4.69, 9.17) is 14.6 Å². The van der Waals surface area contributed by atoms with Crippen LogP contribution in [0.5, 0.6) is 0 Å². The van der Waals surface area contributed by atoms with Gasteiger partial charge in [0, 0.05) is 6.61 Å². The Balaban J connectivity index is 2.09. The molecule has 0 aromatic rings. The van der Waals surface area contributed by atoms with Gasteiger partial charge >= 0.3 is 11.9 Å². The minimum absolute atomic E-state index is 0.140. The van der Waals surface area contributed by atoms with E-state index in [2.05, 4.69) is 13.8 Å². The van der Waals surface area contributed by atoms with E-state index < -0.39 is 5.97 Å². The fraction of sp³-hybridized carbons (Fsp3) is 0.889. The molecular weight excluding hydrogens is 296 g/mol. The van der Waals surface area contributed by atoms with Gasteiger partial charge in [-0.1, -0.05) is 33.1 Å². The van der Waals surface area contributed by atoms with Crippen LogP contribution in [0.4, 0.5) is 0 Å². The maximum Gasteiger partial charge on any atom is 0.309 e. The van der Waals surface area contributed by atoms with Crippen LogP contribution in [0.3, 0.4) is 0 Å². The number of rotatable bonds is 11. The van der Waals surface area contributed by atoms with E-state index in [0.717, 1.165) is 13.0 Å². The number of carbonyl (C=O) groups excluding carboxylic acids is 1. The summed E-state index contributed by atoms with van der Waals surface area (Å²) in [4.78, 5) is 22.8. The summed E-state index contributed by atoms with van der Waals surface area (Å²) in [5.74, 6) is -0.791. The molecular formula is C18H32O5. The van der Waals surface area contributed by atoms with Crippen molar-refractivity contribution in [3.8, 4) is 0 Å². The molecule has 1 saturated carbocycles. The van der Waals surface area contributed by atoms with Gasteiger partial charge in [0.05, 0.1) is 18.4 Å². The lowest BCUT2D eigenvalue weighted by atomic mass is 9.82. The second kappa shape index (κ2) is 11.4. The molecule has 1 rings (SSSR count). The summed E-state index contributed by atoms with van der Waals surface area (Å²) < 4.78 is 10.9. The second-order valence-corrected chi connectivity index (χ2v) is 6.55. The van der Waals surface area contributed by atoms with Gasteiger partial charge in [-0.3, -0.25) is 9.59 Å². The lowest BCUT2D eigenvalue weighted by molar-refractivity contribution is -0.154. The zero-order valence-corrected chi connectivity index (χ0v) is 14.6. The minimum Gasteiger partial charge on any atom is -0.481 e. The number of carbonyl (C=O) groups is 2. The van der Waals surface area contributed by atoms with Gasteiger partial charge in [0.15, 0.2) is 0 Å². The van der Waals surface area contributed by atoms with Crippen LogP contribution in [0.15, 0.2) is 0 Å². The number of hydrogen-bond acceptors (Lipinski definition) is 4. The highest BCUT2D eigenvalue weighted by atomic mass is 16.6. The Bertz CT molecular complexity index is 347. The largest absolute Gasteiger partial charge is 0.481 e. The normalized spacial score (nSPS) is 22.5. The number of carboxylic acids is 1. The van der Waals surface area contributed by atoms with Crippen molar-refractivity contribution in [2.75, 3.05) is 19.8 Å². The molecule has 5 heteroatoms. The molecule has 5 nitrogen and oxygen atoms in total. The van der Waals surface area contributed by atoms with E-state index in [1.54, 1.807) is 0 Å². The molecule has 0 amide bonds. The number of hydrogen-bond donors (Lipinski definition) is 1. The Labute approximate surface area is 139 Å². The topological polar surface area (TPSA) is 72.8 Å². The van der Waals surface area contributed by atoms with E-state index in [9.17, 15) is 9.59 Å². The first-order chi connectivity index (χ1) is 11.1. The van der Waals surface area contributed by atoms with Gasteiger partial charge in [-0.2, -0.15) is 0 Å². The molecule has 0 spiro atoms. The zero-order chi connectivity index (χ0) is 17.1. The predicted molar refractivity (Wildman–Crippen MR) is 88.2 cm³/mol. The molecule has 0 saturated heterocycles. The summed E-state index contributed by atoms with van der Waals surface area (Å²) in [5, 5.41) is 8.95. The third-order valence-electron chi connectivity index (χ3n) is 4.78. The molecule has 0 bridgehead atoms. The van der Waals surface area contributed by atoms with Crippen molar-refractivity contribution in [3.05, 3.63) is 0 Å². The first kappa shape index (κ1) is 19.9. The summed E-state index contributed by atoms with van der Waals surface area (Å²) >= 11 is 0. The van der Waals surface area contributed by atoms with Gasteiger partial charge in [0.2, 0.25) is 0 Å². The van der Waals surface area contributed by atoms with Gasteiger partial charge in [0.25, 0.3) is 0 Å². The zero-order valence-electron chi connectivity index (χ0n) is 14.6. The minimum atomic E-state index is -0.751. The van der Waals surface area contributed by atoms with Crippen LogP contribution < -0.4 is 0 Å². The molecule has 0 heterocycles. The molecule has 0 aromatic heterocycles. The maximum atomic E-state index is 11.9. The van der Waals surface area contributed by atoms with Crippen molar-refractivity contribution in [3.63, 3.8) is 0 Å². The Morgan fingerprint density at radius 1 is 1.09 bits per heavy atom. The predicted octanol–water partition coefficient (Wildman–Crippen LogP) is 3.65. The van der Waals surface area contributed by atoms with Crippen molar-refractivity contribution < 1.29 is 24.2 Å². The summed E-state index contributed by atoms with van der Waals surface area (Å²) in [6.45, 7) is 5.84. The second-order valence-electron chi connectivity index (χ2n) is 6.55. The van der Waals surface area contributed by atoms with Gasteiger partial charge < -0.3 is 14.6 Å². The molecule has 0 aliphatic heterocycles. The maximum absolute atomic E-state index is 11.9. The average Bonchev–Trinajstić information content (AvgIpc) is 2.57. The van der Waals surface area contributed by atoms with Crippen LogP contribution in [0.25, 0.3) is 0 Å². The van der Waals surface area contributed by atoms with Crippen LogP contribution in [0.2, 0.25) is 0 Å². The molecule has 1 fully saturated rings. The Morgan fingerprint density at radius 2 is 1.74 bits per heavy atom. The van der Waals surface area contributed by atoms with Crippen LogP contribution in [-0.4, -0.2) is 36.9 Å². The fourth-order valence-electron chi connectivity index (χ4n) is 3.04. The molecule has 23 heavy (non-hydrogen) atoms. The first-order valence-corrected chi connectivity index (χ1v) is 9.05. The van der Waals surface area contributed by atoms with Crippen LogP contribution in [-0.2, 0) is 19.1 Å². The van der Waals surface area contributed by atoms with Gasteiger partial charge in [-0.05, 0) is 38.0 Å². The summed E-state index contributed by atoms with van der Waals surface area (Å²) in [5.41, 5.74) is 0. The van der Waals surface area contributed by atoms with Crippen molar-refractivity contribution in [1.29, 1.82) is 0 Å². The summed E-state index contributed by atoms with van der Waals surface area (Å²) in [6, 6.07) is 0. The van der Waals surface area contributed by atoms with E-state index in [1.807, 2.05) is 0 Å². The van der Waals surface area contributed by atoms with Crippen molar-refractivity contribution in [2.24, 2.45) is 17.8 Å². The third-order valence-corrected chi connectivity index (χ3v) is 4.78. The Morgan fingerprint density at radius 3 is 2.30 bits per heavy atom. The summed E-state index contributed by atoms with van der Waals surface area (Å²) in [6.07, 6.45) is 7.12. The molecule has 1 aliphatic carbocycles. The molecule has 1 unspecified atom stereocenters. The van der Waals surface area contributed by atoms with Crippen LogP contribution >= 0.6 is 0 Å². The molecule has 1 atom stereocenters. The van der Waals surface area contributed by atoms with E-state index in [1.165, 1.54) is 19.3 Å². The number of ether oxygens (including phenoxy) is 2. The Kier molecular flexibility index (Phi) is 9.92. The van der Waals surface area contributed by atoms with Gasteiger partial charge in [-0.25, -0.2) is 0 Å². The highest BCUT2D eigenvalue weighted by Gasteiger charge is 2.30. The number of carboxylic acid groups (broad SMARTS) is 1. The van der Waals surface area contributed by atoms with Crippen LogP contribution in [0.1, 0.15) is 65.2 Å². The molecule has 0 aromatic carbocycles. The summed E-state index contributed by atoms with van der Waals surface area (Å²) in [7, 11) is 0. The fourth-order valence-corrected chi connectivity index (χ4v) is 3.04. The van der Waals surface area contributed by atoms with Gasteiger partial charge in [-0.15, -0.1) is 0 Å². The van der Waals surface area contributed by atoms with Crippen molar-refractivity contribution in [2.45, 2.75) is 65.2 Å². The lowest BCUT2D eigenvalue weighted by Gasteiger charge is -2.24. The van der Waals surface area contributed by atoms with E-state index in [-0.39, 0.29) is 17.8 Å². The van der Waals surface area contributed by atoms with Crippen molar-refractivity contribution >= 4 is 11.9 Å². The molecule has 1 N–H and O–H groups in total. The number of unbranched alkanes of at least 4 members (excludes halogenated alkanes) is 1. The monoisotopic (exact) mass is 328 g/mol. The SMILES string of the molecule is CCCCC(CC)COCCOC(=O)C1CCC(C(=O)O)CC1. The smallest absolute Gasteiger partial charge is 0.309 e. The Hall–Kier alpha value is -1.10. The number of esters is 1. The first-order valence-electron chi connectivity index (χ1n) is 9.05.